The first-order valence-corrected chi connectivity index (χ1v) is 5.63. The molecule has 1 amide bonds. The van der Waals surface area contributed by atoms with Crippen molar-refractivity contribution in [3.63, 3.8) is 0 Å². The van der Waals surface area contributed by atoms with Gasteiger partial charge in [-0.15, -0.1) is 11.8 Å². The van der Waals surface area contributed by atoms with Gasteiger partial charge >= 0.3 is 0 Å². The molecule has 2 atom stereocenters. The van der Waals surface area contributed by atoms with Gasteiger partial charge in [-0.25, -0.2) is 0 Å². The molecule has 1 aromatic carbocycles. The molecule has 1 aromatic rings. The molecule has 14 heavy (non-hydrogen) atoms. The first-order chi connectivity index (χ1) is 6.68. The Morgan fingerprint density at radius 1 is 1.29 bits per heavy atom. The molecule has 74 valence electrons. The molecule has 0 radical (unpaired) electrons. The van der Waals surface area contributed by atoms with Crippen LogP contribution in [0.1, 0.15) is 13.8 Å². The highest BCUT2D eigenvalue weighted by atomic mass is 32.2. The molecule has 1 N–H and O–H groups in total. The molecule has 0 aromatic heterocycles. The number of carbonyl (C=O) groups is 1. The molecule has 1 aliphatic heterocycles. The minimum atomic E-state index is 0.0624. The largest absolute Gasteiger partial charge is 0.325 e. The van der Waals surface area contributed by atoms with E-state index in [1.807, 2.05) is 25.1 Å². The fourth-order valence-electron chi connectivity index (χ4n) is 1.43. The van der Waals surface area contributed by atoms with Crippen molar-refractivity contribution in [2.24, 2.45) is 5.92 Å². The Kier molecular flexibility index (Phi) is 2.50. The Bertz CT molecular complexity index is 364. The summed E-state index contributed by atoms with van der Waals surface area (Å²) in [5.41, 5.74) is 0.943. The Balaban J connectivity index is 2.39. The monoisotopic (exact) mass is 207 g/mol. The van der Waals surface area contributed by atoms with Crippen LogP contribution in [0.4, 0.5) is 5.69 Å². The van der Waals surface area contributed by atoms with E-state index in [-0.39, 0.29) is 11.8 Å². The van der Waals surface area contributed by atoms with E-state index in [0.29, 0.717) is 5.25 Å². The summed E-state index contributed by atoms with van der Waals surface area (Å²) in [6.45, 7) is 4.07. The lowest BCUT2D eigenvalue weighted by Crippen LogP contribution is -2.24. The highest BCUT2D eigenvalue weighted by molar-refractivity contribution is 8.00. The normalized spacial score (nSPS) is 26.3. The number of para-hydroxylation sites is 1. The van der Waals surface area contributed by atoms with Crippen molar-refractivity contribution in [3.05, 3.63) is 24.3 Å². The van der Waals surface area contributed by atoms with Gasteiger partial charge in [-0.2, -0.15) is 0 Å². The van der Waals surface area contributed by atoms with E-state index >= 15 is 0 Å². The number of hydrogen-bond donors (Lipinski definition) is 1. The van der Waals surface area contributed by atoms with E-state index in [1.165, 1.54) is 0 Å². The summed E-state index contributed by atoms with van der Waals surface area (Å²) < 4.78 is 0. The quantitative estimate of drug-likeness (QED) is 0.708. The van der Waals surface area contributed by atoms with Crippen LogP contribution in [0.2, 0.25) is 0 Å². The minimum Gasteiger partial charge on any atom is -0.325 e. The first-order valence-electron chi connectivity index (χ1n) is 4.75. The minimum absolute atomic E-state index is 0.0624. The van der Waals surface area contributed by atoms with Crippen LogP contribution in [0, 0.1) is 5.92 Å². The number of carbonyl (C=O) groups excluding carboxylic acids is 1. The van der Waals surface area contributed by atoms with Crippen LogP contribution in [-0.2, 0) is 4.79 Å². The van der Waals surface area contributed by atoms with Crippen LogP contribution in [0.25, 0.3) is 0 Å². The third-order valence-corrected chi connectivity index (χ3v) is 3.97. The van der Waals surface area contributed by atoms with Gasteiger partial charge in [0.25, 0.3) is 0 Å². The number of benzene rings is 1. The Labute approximate surface area is 88.1 Å². The van der Waals surface area contributed by atoms with Crippen molar-refractivity contribution in [1.29, 1.82) is 0 Å². The number of fused-ring (bicyclic) bond motifs is 1. The predicted octanol–water partition coefficient (Wildman–Crippen LogP) is 2.76. The molecule has 0 bridgehead atoms. The van der Waals surface area contributed by atoms with Crippen molar-refractivity contribution >= 4 is 23.4 Å². The third kappa shape index (κ3) is 1.64. The average Bonchev–Trinajstić information content (AvgIpc) is 2.28. The van der Waals surface area contributed by atoms with Gasteiger partial charge < -0.3 is 5.32 Å². The van der Waals surface area contributed by atoms with Gasteiger partial charge in [0, 0.05) is 16.1 Å². The Morgan fingerprint density at radius 3 is 2.79 bits per heavy atom. The van der Waals surface area contributed by atoms with Gasteiger partial charge in [0.05, 0.1) is 5.69 Å². The first kappa shape index (κ1) is 9.59. The molecule has 0 fully saturated rings. The second-order valence-corrected chi connectivity index (χ2v) is 5.02. The summed E-state index contributed by atoms with van der Waals surface area (Å²) in [6.07, 6.45) is 0. The maximum Gasteiger partial charge on any atom is 0.228 e. The summed E-state index contributed by atoms with van der Waals surface area (Å²) in [6, 6.07) is 7.95. The van der Waals surface area contributed by atoms with Crippen molar-refractivity contribution in [1.82, 2.24) is 0 Å². The summed E-state index contributed by atoms with van der Waals surface area (Å²) in [5.74, 6) is 0.183. The average molecular weight is 207 g/mol. The zero-order valence-electron chi connectivity index (χ0n) is 8.28. The van der Waals surface area contributed by atoms with Gasteiger partial charge in [0.15, 0.2) is 0 Å². The van der Waals surface area contributed by atoms with Gasteiger partial charge in [0.1, 0.15) is 0 Å². The number of anilines is 1. The lowest BCUT2D eigenvalue weighted by atomic mass is 10.1. The molecular formula is C11H13NOS. The van der Waals surface area contributed by atoms with E-state index in [4.69, 9.17) is 0 Å². The molecule has 0 spiro atoms. The number of thioether (sulfide) groups is 1. The Morgan fingerprint density at radius 2 is 2.00 bits per heavy atom. The predicted molar refractivity (Wildman–Crippen MR) is 59.6 cm³/mol. The highest BCUT2D eigenvalue weighted by Gasteiger charge is 2.25. The number of amides is 1. The maximum atomic E-state index is 11.7. The van der Waals surface area contributed by atoms with Gasteiger partial charge in [-0.3, -0.25) is 4.79 Å². The summed E-state index contributed by atoms with van der Waals surface area (Å²) in [7, 11) is 0. The number of nitrogens with one attached hydrogen (secondary N) is 1. The fourth-order valence-corrected chi connectivity index (χ4v) is 2.57. The molecule has 2 rings (SSSR count). The summed E-state index contributed by atoms with van der Waals surface area (Å²) in [4.78, 5) is 12.8. The van der Waals surface area contributed by atoms with E-state index in [1.54, 1.807) is 11.8 Å². The molecule has 0 saturated carbocycles. The van der Waals surface area contributed by atoms with Crippen LogP contribution >= 0.6 is 11.8 Å². The lowest BCUT2D eigenvalue weighted by molar-refractivity contribution is -0.119. The summed E-state index contributed by atoms with van der Waals surface area (Å²) >= 11 is 1.76. The molecule has 1 aliphatic rings. The molecule has 1 heterocycles. The topological polar surface area (TPSA) is 29.1 Å². The van der Waals surface area contributed by atoms with Crippen molar-refractivity contribution in [2.75, 3.05) is 5.32 Å². The third-order valence-electron chi connectivity index (χ3n) is 2.58. The van der Waals surface area contributed by atoms with E-state index in [9.17, 15) is 4.79 Å². The Hall–Kier alpha value is -0.960. The second kappa shape index (κ2) is 3.65. The number of hydrogen-bond acceptors (Lipinski definition) is 2. The molecule has 2 unspecified atom stereocenters. The van der Waals surface area contributed by atoms with E-state index in [0.717, 1.165) is 10.6 Å². The van der Waals surface area contributed by atoms with E-state index in [2.05, 4.69) is 18.3 Å². The van der Waals surface area contributed by atoms with Crippen molar-refractivity contribution in [2.45, 2.75) is 24.0 Å². The second-order valence-electron chi connectivity index (χ2n) is 3.60. The molecule has 3 heteroatoms. The molecule has 0 aliphatic carbocycles. The smallest absolute Gasteiger partial charge is 0.228 e. The van der Waals surface area contributed by atoms with Gasteiger partial charge in [0.2, 0.25) is 5.91 Å². The van der Waals surface area contributed by atoms with Crippen molar-refractivity contribution < 1.29 is 4.79 Å². The molecule has 0 saturated heterocycles. The zero-order valence-corrected chi connectivity index (χ0v) is 9.10. The summed E-state index contributed by atoms with van der Waals surface area (Å²) in [5, 5.41) is 3.27. The molecule has 2 nitrogen and oxygen atoms in total. The van der Waals surface area contributed by atoms with Crippen LogP contribution < -0.4 is 5.32 Å². The van der Waals surface area contributed by atoms with Crippen molar-refractivity contribution in [3.8, 4) is 0 Å². The van der Waals surface area contributed by atoms with Crippen LogP contribution in [0.5, 0.6) is 0 Å². The fraction of sp³-hybridized carbons (Fsp3) is 0.364. The SMILES string of the molecule is CC1Sc2ccccc2NC(=O)C1C. The maximum absolute atomic E-state index is 11.7. The van der Waals surface area contributed by atoms with E-state index < -0.39 is 0 Å². The van der Waals surface area contributed by atoms with Crippen LogP contribution in [0.15, 0.2) is 29.2 Å². The number of rotatable bonds is 0. The van der Waals surface area contributed by atoms with Crippen LogP contribution in [-0.4, -0.2) is 11.2 Å². The van der Waals surface area contributed by atoms with Crippen LogP contribution in [0.3, 0.4) is 0 Å². The highest BCUT2D eigenvalue weighted by Crippen LogP contribution is 2.36. The zero-order chi connectivity index (χ0) is 10.1. The van der Waals surface area contributed by atoms with Gasteiger partial charge in [-0.05, 0) is 12.1 Å². The molecular weight excluding hydrogens is 194 g/mol. The van der Waals surface area contributed by atoms with Gasteiger partial charge in [-0.1, -0.05) is 26.0 Å². The lowest BCUT2D eigenvalue weighted by Gasteiger charge is -2.12. The standard InChI is InChI=1S/C11H13NOS/c1-7-8(2)14-10-6-4-3-5-9(10)12-11(7)13/h3-8H,1-2H3,(H,12,13).